The zero-order valence-corrected chi connectivity index (χ0v) is 22.8. The molecule has 5 atom stereocenters. The minimum atomic E-state index is -0.632. The molecule has 3 aromatic carbocycles. The standard InChI is InChI=1S/C31H36O6S/c1-3-38-31-30(36-23(2)32)29(35-21-26-17-11-6-12-18-26)28(34-20-25-15-9-5-10-16-25)27(37-31)22-33-19-24-13-7-4-8-14-24/h4-18,27-31H,3,19-22H2,1-2H3/t27-,28-,29+,30-,31-/m1/s1. The maximum atomic E-state index is 12.2. The zero-order chi connectivity index (χ0) is 26.6. The van der Waals surface area contributed by atoms with Gasteiger partial charge in [-0.2, -0.15) is 0 Å². The molecule has 0 saturated carbocycles. The SMILES string of the molecule is CCS[C@H]1O[C@H](COCc2ccccc2)[C@@H](OCc2ccccc2)[C@H](OCc2ccccc2)[C@H]1OC(C)=O. The van der Waals surface area contributed by atoms with E-state index in [1.165, 1.54) is 6.92 Å². The Bertz CT molecular complexity index is 1080. The van der Waals surface area contributed by atoms with Gasteiger partial charge in [-0.1, -0.05) is 97.9 Å². The van der Waals surface area contributed by atoms with Crippen LogP contribution in [0.5, 0.6) is 0 Å². The van der Waals surface area contributed by atoms with Crippen molar-refractivity contribution in [1.29, 1.82) is 0 Å². The van der Waals surface area contributed by atoms with Crippen molar-refractivity contribution in [3.63, 3.8) is 0 Å². The molecule has 1 aliphatic heterocycles. The number of benzene rings is 3. The van der Waals surface area contributed by atoms with Crippen molar-refractivity contribution >= 4 is 17.7 Å². The van der Waals surface area contributed by atoms with Gasteiger partial charge in [0.2, 0.25) is 0 Å². The second-order valence-electron chi connectivity index (χ2n) is 9.10. The molecule has 3 aromatic rings. The number of hydrogen-bond donors (Lipinski definition) is 0. The molecule has 1 aliphatic rings. The van der Waals surface area contributed by atoms with Gasteiger partial charge in [0.15, 0.2) is 6.10 Å². The van der Waals surface area contributed by atoms with Gasteiger partial charge < -0.3 is 23.7 Å². The van der Waals surface area contributed by atoms with E-state index < -0.39 is 29.9 Å². The molecule has 1 fully saturated rings. The summed E-state index contributed by atoms with van der Waals surface area (Å²) in [6.45, 7) is 4.96. The lowest BCUT2D eigenvalue weighted by Gasteiger charge is -2.45. The average molecular weight is 537 g/mol. The number of thioether (sulfide) groups is 1. The molecule has 4 rings (SSSR count). The van der Waals surface area contributed by atoms with Crippen LogP contribution in [-0.2, 0) is 48.3 Å². The summed E-state index contributed by atoms with van der Waals surface area (Å²) in [6.07, 6.45) is -2.12. The smallest absolute Gasteiger partial charge is 0.303 e. The van der Waals surface area contributed by atoms with Crippen LogP contribution in [0.3, 0.4) is 0 Å². The number of carbonyl (C=O) groups is 1. The largest absolute Gasteiger partial charge is 0.456 e. The van der Waals surface area contributed by atoms with Gasteiger partial charge in [-0.3, -0.25) is 4.79 Å². The third-order valence-corrected chi connectivity index (χ3v) is 7.23. The zero-order valence-electron chi connectivity index (χ0n) is 21.9. The van der Waals surface area contributed by atoms with Crippen molar-refractivity contribution in [2.75, 3.05) is 12.4 Å². The Morgan fingerprint density at radius 2 is 1.24 bits per heavy atom. The molecule has 0 aromatic heterocycles. The summed E-state index contributed by atoms with van der Waals surface area (Å²) in [5, 5.41) is 0. The highest BCUT2D eigenvalue weighted by molar-refractivity contribution is 7.99. The molecule has 38 heavy (non-hydrogen) atoms. The Balaban J connectivity index is 1.58. The first kappa shape index (κ1) is 28.3. The summed E-state index contributed by atoms with van der Waals surface area (Å²) in [6, 6.07) is 30.0. The van der Waals surface area contributed by atoms with Crippen LogP contribution in [0.25, 0.3) is 0 Å². The van der Waals surface area contributed by atoms with E-state index >= 15 is 0 Å². The number of rotatable bonds is 13. The van der Waals surface area contributed by atoms with E-state index in [1.54, 1.807) is 11.8 Å². The van der Waals surface area contributed by atoms with Gasteiger partial charge in [-0.15, -0.1) is 11.8 Å². The molecule has 6 nitrogen and oxygen atoms in total. The Labute approximate surface area is 229 Å². The third kappa shape index (κ3) is 8.41. The van der Waals surface area contributed by atoms with Crippen LogP contribution in [0.4, 0.5) is 0 Å². The van der Waals surface area contributed by atoms with E-state index in [9.17, 15) is 4.79 Å². The fourth-order valence-corrected chi connectivity index (χ4v) is 5.37. The lowest BCUT2D eigenvalue weighted by Crippen LogP contribution is -2.60. The Morgan fingerprint density at radius 1 is 0.737 bits per heavy atom. The van der Waals surface area contributed by atoms with Gasteiger partial charge >= 0.3 is 5.97 Å². The van der Waals surface area contributed by atoms with Crippen LogP contribution in [0.1, 0.15) is 30.5 Å². The predicted molar refractivity (Wildman–Crippen MR) is 148 cm³/mol. The molecule has 0 amide bonds. The van der Waals surface area contributed by atoms with Gasteiger partial charge in [0.05, 0.1) is 26.4 Å². The first-order valence-corrected chi connectivity index (χ1v) is 14.1. The van der Waals surface area contributed by atoms with Gasteiger partial charge in [0.25, 0.3) is 0 Å². The van der Waals surface area contributed by atoms with E-state index in [4.69, 9.17) is 23.7 Å². The first-order valence-electron chi connectivity index (χ1n) is 13.0. The number of ether oxygens (including phenoxy) is 5. The maximum absolute atomic E-state index is 12.2. The Morgan fingerprint density at radius 3 is 1.74 bits per heavy atom. The highest BCUT2D eigenvalue weighted by Crippen LogP contribution is 2.35. The summed E-state index contributed by atoms with van der Waals surface area (Å²) in [5.74, 6) is 0.412. The average Bonchev–Trinajstić information content (AvgIpc) is 2.94. The molecule has 0 spiro atoms. The Hall–Kier alpha value is -2.68. The van der Waals surface area contributed by atoms with Crippen molar-refractivity contribution < 1.29 is 28.5 Å². The monoisotopic (exact) mass is 536 g/mol. The third-order valence-electron chi connectivity index (χ3n) is 6.19. The lowest BCUT2D eigenvalue weighted by atomic mass is 9.99. The van der Waals surface area contributed by atoms with E-state index in [-0.39, 0.29) is 5.97 Å². The van der Waals surface area contributed by atoms with E-state index in [0.29, 0.717) is 26.4 Å². The fraction of sp³-hybridized carbons (Fsp3) is 0.387. The molecule has 7 heteroatoms. The van der Waals surface area contributed by atoms with Crippen LogP contribution < -0.4 is 0 Å². The summed E-state index contributed by atoms with van der Waals surface area (Å²) in [4.78, 5) is 12.2. The maximum Gasteiger partial charge on any atom is 0.303 e. The van der Waals surface area contributed by atoms with Crippen molar-refractivity contribution in [2.24, 2.45) is 0 Å². The predicted octanol–water partition coefficient (Wildman–Crippen LogP) is 5.78. The minimum Gasteiger partial charge on any atom is -0.456 e. The van der Waals surface area contributed by atoms with Crippen LogP contribution in [0, 0.1) is 0 Å². The number of carbonyl (C=O) groups excluding carboxylic acids is 1. The van der Waals surface area contributed by atoms with Gasteiger partial charge in [0, 0.05) is 6.92 Å². The summed E-state index contributed by atoms with van der Waals surface area (Å²) >= 11 is 1.59. The van der Waals surface area contributed by atoms with Crippen LogP contribution >= 0.6 is 11.8 Å². The minimum absolute atomic E-state index is 0.313. The van der Waals surface area contributed by atoms with Gasteiger partial charge in [-0.25, -0.2) is 0 Å². The molecule has 1 saturated heterocycles. The highest BCUT2D eigenvalue weighted by Gasteiger charge is 2.49. The first-order chi connectivity index (χ1) is 18.6. The second kappa shape index (κ2) is 15.0. The molecule has 0 bridgehead atoms. The fourth-order valence-electron chi connectivity index (χ4n) is 4.42. The van der Waals surface area contributed by atoms with Crippen molar-refractivity contribution in [2.45, 2.75) is 63.5 Å². The van der Waals surface area contributed by atoms with E-state index in [0.717, 1.165) is 22.4 Å². The van der Waals surface area contributed by atoms with Crippen LogP contribution in [0.2, 0.25) is 0 Å². The van der Waals surface area contributed by atoms with E-state index in [1.807, 2.05) is 91.0 Å². The van der Waals surface area contributed by atoms with Crippen LogP contribution in [-0.4, -0.2) is 48.2 Å². The second-order valence-corrected chi connectivity index (χ2v) is 10.5. The molecule has 0 N–H and O–H groups in total. The number of hydrogen-bond acceptors (Lipinski definition) is 7. The molecular weight excluding hydrogens is 500 g/mol. The van der Waals surface area contributed by atoms with E-state index in [2.05, 4.69) is 6.92 Å². The van der Waals surface area contributed by atoms with Crippen molar-refractivity contribution in [1.82, 2.24) is 0 Å². The molecule has 0 aliphatic carbocycles. The quantitative estimate of drug-likeness (QED) is 0.257. The molecule has 0 radical (unpaired) electrons. The number of esters is 1. The normalized spacial score (nSPS) is 23.2. The molecular formula is C31H36O6S. The Kier molecular flexibility index (Phi) is 11.2. The van der Waals surface area contributed by atoms with Crippen molar-refractivity contribution in [3.8, 4) is 0 Å². The van der Waals surface area contributed by atoms with Gasteiger partial charge in [0.1, 0.15) is 23.7 Å². The van der Waals surface area contributed by atoms with Crippen LogP contribution in [0.15, 0.2) is 91.0 Å². The molecule has 0 unspecified atom stereocenters. The summed E-state index contributed by atoms with van der Waals surface area (Å²) in [5.41, 5.74) is 2.73. The van der Waals surface area contributed by atoms with Crippen molar-refractivity contribution in [3.05, 3.63) is 108 Å². The topological polar surface area (TPSA) is 63.2 Å². The lowest BCUT2D eigenvalue weighted by molar-refractivity contribution is -0.249. The highest BCUT2D eigenvalue weighted by atomic mass is 32.2. The summed E-state index contributed by atoms with van der Waals surface area (Å²) in [7, 11) is 0. The molecule has 1 heterocycles. The molecule has 202 valence electrons. The summed E-state index contributed by atoms with van der Waals surface area (Å²) < 4.78 is 31.5. The van der Waals surface area contributed by atoms with Gasteiger partial charge in [-0.05, 0) is 22.4 Å².